The van der Waals surface area contributed by atoms with Gasteiger partial charge in [-0.15, -0.1) is 0 Å². The number of hydrogen-bond acceptors (Lipinski definition) is 4. The van der Waals surface area contributed by atoms with Crippen LogP contribution in [0.25, 0.3) is 0 Å². The molecule has 1 rings (SSSR count). The number of nitrogens with zero attached hydrogens (tertiary/aromatic N) is 1. The van der Waals surface area contributed by atoms with Crippen LogP contribution in [-0.2, 0) is 4.79 Å². The molecule has 1 aliphatic carbocycles. The van der Waals surface area contributed by atoms with E-state index in [0.29, 0.717) is 18.5 Å². The molecule has 0 aromatic rings. The Hall–Kier alpha value is -1.14. The van der Waals surface area contributed by atoms with Crippen molar-refractivity contribution in [1.29, 1.82) is 0 Å². The van der Waals surface area contributed by atoms with Crippen LogP contribution in [0.4, 0.5) is 4.79 Å². The van der Waals surface area contributed by atoms with Crippen LogP contribution in [0.5, 0.6) is 0 Å². The molecule has 6 heteroatoms. The first-order valence-electron chi connectivity index (χ1n) is 6.50. The zero-order chi connectivity index (χ0) is 13.5. The van der Waals surface area contributed by atoms with E-state index in [4.69, 9.17) is 5.73 Å². The SMILES string of the molecule is CNC(=O)NC(=O)CN(C)C1CCCCC1CN. The third kappa shape index (κ3) is 4.27. The van der Waals surface area contributed by atoms with Gasteiger partial charge in [0.05, 0.1) is 6.54 Å². The van der Waals surface area contributed by atoms with E-state index in [1.54, 1.807) is 0 Å². The lowest BCUT2D eigenvalue weighted by Crippen LogP contribution is -2.48. The molecule has 0 bridgehead atoms. The highest BCUT2D eigenvalue weighted by molar-refractivity contribution is 5.95. The Morgan fingerprint density at radius 1 is 1.33 bits per heavy atom. The average Bonchev–Trinajstić information content (AvgIpc) is 2.38. The van der Waals surface area contributed by atoms with E-state index in [-0.39, 0.29) is 12.5 Å². The summed E-state index contributed by atoms with van der Waals surface area (Å²) in [5.41, 5.74) is 5.77. The van der Waals surface area contributed by atoms with Gasteiger partial charge in [0.25, 0.3) is 0 Å². The van der Waals surface area contributed by atoms with Gasteiger partial charge >= 0.3 is 6.03 Å². The monoisotopic (exact) mass is 256 g/mol. The van der Waals surface area contributed by atoms with Crippen molar-refractivity contribution >= 4 is 11.9 Å². The second-order valence-corrected chi connectivity index (χ2v) is 4.89. The molecule has 0 heterocycles. The van der Waals surface area contributed by atoms with Crippen molar-refractivity contribution in [3.63, 3.8) is 0 Å². The van der Waals surface area contributed by atoms with E-state index in [1.807, 2.05) is 11.9 Å². The molecule has 3 amide bonds. The minimum absolute atomic E-state index is 0.231. The van der Waals surface area contributed by atoms with Crippen molar-refractivity contribution in [1.82, 2.24) is 15.5 Å². The normalized spacial score (nSPS) is 23.8. The predicted octanol–water partition coefficient (Wildman–Crippen LogP) is -0.109. The summed E-state index contributed by atoms with van der Waals surface area (Å²) < 4.78 is 0. The van der Waals surface area contributed by atoms with Crippen LogP contribution in [0.15, 0.2) is 0 Å². The standard InChI is InChI=1S/C12H24N4O2/c1-14-12(18)15-11(17)8-16(2)10-6-4-3-5-9(10)7-13/h9-10H,3-8,13H2,1-2H3,(H2,14,15,17,18). The Bertz CT molecular complexity index is 296. The van der Waals surface area contributed by atoms with Crippen molar-refractivity contribution < 1.29 is 9.59 Å². The Kier molecular flexibility index (Phi) is 6.07. The molecule has 18 heavy (non-hydrogen) atoms. The van der Waals surface area contributed by atoms with Crippen molar-refractivity contribution in [2.45, 2.75) is 31.7 Å². The first-order chi connectivity index (χ1) is 8.58. The average molecular weight is 256 g/mol. The van der Waals surface area contributed by atoms with Gasteiger partial charge < -0.3 is 11.1 Å². The third-order valence-corrected chi connectivity index (χ3v) is 3.61. The molecule has 0 aliphatic heterocycles. The summed E-state index contributed by atoms with van der Waals surface area (Å²) in [6, 6.07) is -0.119. The summed E-state index contributed by atoms with van der Waals surface area (Å²) >= 11 is 0. The molecule has 1 saturated carbocycles. The second-order valence-electron chi connectivity index (χ2n) is 4.89. The van der Waals surface area contributed by atoms with Gasteiger partial charge in [-0.1, -0.05) is 12.8 Å². The van der Waals surface area contributed by atoms with Crippen LogP contribution in [0.3, 0.4) is 0 Å². The molecule has 0 aromatic carbocycles. The summed E-state index contributed by atoms with van der Waals surface area (Å²) in [5.74, 6) is 0.176. The zero-order valence-electron chi connectivity index (χ0n) is 11.2. The largest absolute Gasteiger partial charge is 0.341 e. The van der Waals surface area contributed by atoms with E-state index < -0.39 is 6.03 Å². The van der Waals surface area contributed by atoms with Gasteiger partial charge in [0.1, 0.15) is 0 Å². The van der Waals surface area contributed by atoms with Crippen LogP contribution in [0, 0.1) is 5.92 Å². The van der Waals surface area contributed by atoms with Gasteiger partial charge in [0.15, 0.2) is 0 Å². The maximum Gasteiger partial charge on any atom is 0.321 e. The fraction of sp³-hybridized carbons (Fsp3) is 0.833. The number of carbonyl (C=O) groups is 2. The van der Waals surface area contributed by atoms with E-state index in [9.17, 15) is 9.59 Å². The number of likely N-dealkylation sites (N-methyl/N-ethyl adjacent to an activating group) is 1. The van der Waals surface area contributed by atoms with Gasteiger partial charge in [-0.25, -0.2) is 4.79 Å². The van der Waals surface area contributed by atoms with Gasteiger partial charge in [0, 0.05) is 13.1 Å². The maximum absolute atomic E-state index is 11.6. The lowest BCUT2D eigenvalue weighted by atomic mass is 9.84. The summed E-state index contributed by atoms with van der Waals surface area (Å²) in [4.78, 5) is 24.6. The molecule has 0 radical (unpaired) electrons. The van der Waals surface area contributed by atoms with E-state index in [1.165, 1.54) is 19.9 Å². The molecule has 2 unspecified atom stereocenters. The van der Waals surface area contributed by atoms with Crippen LogP contribution in [-0.4, -0.2) is 50.1 Å². The number of urea groups is 1. The topological polar surface area (TPSA) is 87.5 Å². The van der Waals surface area contributed by atoms with Crippen LogP contribution in [0.2, 0.25) is 0 Å². The Morgan fingerprint density at radius 3 is 2.61 bits per heavy atom. The molecular weight excluding hydrogens is 232 g/mol. The number of amides is 3. The number of carbonyl (C=O) groups excluding carboxylic acids is 2. The molecular formula is C12H24N4O2. The minimum atomic E-state index is -0.465. The molecule has 1 aliphatic rings. The van der Waals surface area contributed by atoms with Crippen LogP contribution >= 0.6 is 0 Å². The Morgan fingerprint density at radius 2 is 2.00 bits per heavy atom. The summed E-state index contributed by atoms with van der Waals surface area (Å²) in [6.45, 7) is 0.890. The maximum atomic E-state index is 11.6. The number of nitrogens with two attached hydrogens (primary N) is 1. The van der Waals surface area contributed by atoms with E-state index in [0.717, 1.165) is 12.8 Å². The molecule has 0 saturated heterocycles. The minimum Gasteiger partial charge on any atom is -0.341 e. The number of imide groups is 1. The van der Waals surface area contributed by atoms with Crippen molar-refractivity contribution in [2.24, 2.45) is 11.7 Å². The molecule has 6 nitrogen and oxygen atoms in total. The molecule has 0 aromatic heterocycles. The molecule has 0 spiro atoms. The smallest absolute Gasteiger partial charge is 0.321 e. The molecule has 104 valence electrons. The van der Waals surface area contributed by atoms with E-state index in [2.05, 4.69) is 10.6 Å². The quantitative estimate of drug-likeness (QED) is 0.655. The number of hydrogen-bond donors (Lipinski definition) is 3. The van der Waals surface area contributed by atoms with Crippen LogP contribution < -0.4 is 16.4 Å². The lowest BCUT2D eigenvalue weighted by molar-refractivity contribution is -0.121. The van der Waals surface area contributed by atoms with E-state index >= 15 is 0 Å². The Balaban J connectivity index is 2.45. The first kappa shape index (κ1) is 14.9. The lowest BCUT2D eigenvalue weighted by Gasteiger charge is -2.37. The summed E-state index contributed by atoms with van der Waals surface area (Å²) in [6.07, 6.45) is 4.60. The zero-order valence-corrected chi connectivity index (χ0v) is 11.2. The molecule has 4 N–H and O–H groups in total. The number of nitrogens with one attached hydrogen (secondary N) is 2. The van der Waals surface area contributed by atoms with Crippen molar-refractivity contribution in [3.05, 3.63) is 0 Å². The van der Waals surface area contributed by atoms with Gasteiger partial charge in [0.2, 0.25) is 5.91 Å². The molecule has 1 fully saturated rings. The summed E-state index contributed by atoms with van der Waals surface area (Å²) in [5, 5.41) is 4.63. The first-order valence-corrected chi connectivity index (χ1v) is 6.50. The third-order valence-electron chi connectivity index (χ3n) is 3.61. The fourth-order valence-electron chi connectivity index (χ4n) is 2.62. The highest BCUT2D eigenvalue weighted by Crippen LogP contribution is 2.26. The fourth-order valence-corrected chi connectivity index (χ4v) is 2.62. The number of rotatable bonds is 4. The van der Waals surface area contributed by atoms with Gasteiger partial charge in [-0.3, -0.25) is 15.0 Å². The summed E-state index contributed by atoms with van der Waals surface area (Å²) in [7, 11) is 3.40. The van der Waals surface area contributed by atoms with Gasteiger partial charge in [-0.2, -0.15) is 0 Å². The Labute approximate surface area is 108 Å². The van der Waals surface area contributed by atoms with Crippen molar-refractivity contribution in [3.8, 4) is 0 Å². The van der Waals surface area contributed by atoms with Crippen molar-refractivity contribution in [2.75, 3.05) is 27.2 Å². The highest BCUT2D eigenvalue weighted by Gasteiger charge is 2.28. The predicted molar refractivity (Wildman–Crippen MR) is 70.0 cm³/mol. The second kappa shape index (κ2) is 7.33. The highest BCUT2D eigenvalue weighted by atomic mass is 16.2. The van der Waals surface area contributed by atoms with Crippen LogP contribution in [0.1, 0.15) is 25.7 Å². The molecule has 2 atom stereocenters. The van der Waals surface area contributed by atoms with Gasteiger partial charge in [-0.05, 0) is 32.4 Å².